The molecule has 0 spiro atoms. The van der Waals surface area contributed by atoms with Gasteiger partial charge < -0.3 is 10.2 Å². The highest BCUT2D eigenvalue weighted by molar-refractivity contribution is 7.93. The fourth-order valence-corrected chi connectivity index (χ4v) is 5.21. The molecule has 0 bridgehead atoms. The molecule has 0 saturated carbocycles. The molecule has 1 fully saturated rings. The van der Waals surface area contributed by atoms with Gasteiger partial charge in [0.25, 0.3) is 10.0 Å². The number of hydrogen-bond acceptors (Lipinski definition) is 6. The Morgan fingerprint density at radius 3 is 2.63 bits per heavy atom. The van der Waals surface area contributed by atoms with Crippen molar-refractivity contribution < 1.29 is 13.2 Å². The molecule has 4 rings (SSSR count). The fraction of sp³-hybridized carbons (Fsp3) is 0.238. The van der Waals surface area contributed by atoms with Crippen LogP contribution < -0.4 is 14.9 Å². The SMILES string of the molecule is Cc1ccccc1CNC1CCN(c2ccc(S(=O)(=O)Nc3nccs3)cc2)C1=O. The number of aromatic nitrogens is 1. The van der Waals surface area contributed by atoms with Gasteiger partial charge in [-0.25, -0.2) is 13.4 Å². The first-order valence-electron chi connectivity index (χ1n) is 9.56. The van der Waals surface area contributed by atoms with Crippen molar-refractivity contribution in [1.29, 1.82) is 0 Å². The Morgan fingerprint density at radius 1 is 1.17 bits per heavy atom. The van der Waals surface area contributed by atoms with Gasteiger partial charge in [-0.3, -0.25) is 9.52 Å². The van der Waals surface area contributed by atoms with E-state index in [0.717, 1.165) is 0 Å². The van der Waals surface area contributed by atoms with Gasteiger partial charge in [-0.15, -0.1) is 11.3 Å². The van der Waals surface area contributed by atoms with Gasteiger partial charge in [0.15, 0.2) is 5.13 Å². The third-order valence-electron chi connectivity index (χ3n) is 5.12. The zero-order valence-corrected chi connectivity index (χ0v) is 18.0. The fourth-order valence-electron chi connectivity index (χ4n) is 3.42. The number of sulfonamides is 1. The zero-order valence-electron chi connectivity index (χ0n) is 16.4. The number of carbonyl (C=O) groups is 1. The molecule has 1 aliphatic rings. The van der Waals surface area contributed by atoms with E-state index >= 15 is 0 Å². The molecule has 1 aliphatic heterocycles. The molecule has 0 radical (unpaired) electrons. The van der Waals surface area contributed by atoms with Crippen LogP contribution in [0.25, 0.3) is 0 Å². The molecular formula is C21H22N4O3S2. The van der Waals surface area contributed by atoms with Gasteiger partial charge in [0, 0.05) is 30.4 Å². The van der Waals surface area contributed by atoms with Gasteiger partial charge >= 0.3 is 0 Å². The molecule has 156 valence electrons. The lowest BCUT2D eigenvalue weighted by molar-refractivity contribution is -0.118. The second kappa shape index (κ2) is 8.55. The van der Waals surface area contributed by atoms with E-state index in [1.54, 1.807) is 22.4 Å². The third-order valence-corrected chi connectivity index (χ3v) is 7.29. The number of amides is 1. The molecule has 2 N–H and O–H groups in total. The number of carbonyl (C=O) groups excluding carboxylic acids is 1. The highest BCUT2D eigenvalue weighted by Crippen LogP contribution is 2.25. The van der Waals surface area contributed by atoms with Crippen LogP contribution in [0.15, 0.2) is 65.0 Å². The van der Waals surface area contributed by atoms with E-state index in [9.17, 15) is 13.2 Å². The molecule has 3 aromatic rings. The number of rotatable bonds is 7. The van der Waals surface area contributed by atoms with E-state index < -0.39 is 10.0 Å². The number of benzene rings is 2. The average molecular weight is 443 g/mol. The molecule has 1 unspecified atom stereocenters. The van der Waals surface area contributed by atoms with Crippen molar-refractivity contribution in [3.05, 3.63) is 71.2 Å². The lowest BCUT2D eigenvalue weighted by Crippen LogP contribution is -2.38. The van der Waals surface area contributed by atoms with Crippen LogP contribution in [-0.2, 0) is 21.4 Å². The normalized spacial score (nSPS) is 16.8. The molecular weight excluding hydrogens is 420 g/mol. The van der Waals surface area contributed by atoms with Gasteiger partial charge in [-0.2, -0.15) is 0 Å². The topological polar surface area (TPSA) is 91.4 Å². The number of aryl methyl sites for hydroxylation is 1. The Bertz CT molecular complexity index is 1130. The number of thiazole rings is 1. The highest BCUT2D eigenvalue weighted by Gasteiger charge is 2.32. The Morgan fingerprint density at radius 2 is 1.93 bits per heavy atom. The van der Waals surface area contributed by atoms with Crippen LogP contribution in [0.3, 0.4) is 0 Å². The van der Waals surface area contributed by atoms with Crippen molar-refractivity contribution >= 4 is 38.1 Å². The minimum Gasteiger partial charge on any atom is -0.311 e. The summed E-state index contributed by atoms with van der Waals surface area (Å²) < 4.78 is 27.4. The van der Waals surface area contributed by atoms with E-state index in [4.69, 9.17) is 0 Å². The average Bonchev–Trinajstić information content (AvgIpc) is 3.37. The van der Waals surface area contributed by atoms with Gasteiger partial charge in [-0.1, -0.05) is 24.3 Å². The Kier molecular flexibility index (Phi) is 5.85. The third kappa shape index (κ3) is 4.38. The van der Waals surface area contributed by atoms with Gasteiger partial charge in [-0.05, 0) is 48.7 Å². The Hall–Kier alpha value is -2.75. The van der Waals surface area contributed by atoms with Crippen LogP contribution in [0.4, 0.5) is 10.8 Å². The molecule has 1 atom stereocenters. The summed E-state index contributed by atoms with van der Waals surface area (Å²) in [5.41, 5.74) is 3.05. The quantitative estimate of drug-likeness (QED) is 0.587. The summed E-state index contributed by atoms with van der Waals surface area (Å²) in [5, 5.41) is 5.36. The summed E-state index contributed by atoms with van der Waals surface area (Å²) in [4.78, 5) is 18.6. The predicted octanol–water partition coefficient (Wildman–Crippen LogP) is 3.15. The van der Waals surface area contributed by atoms with Gasteiger partial charge in [0.1, 0.15) is 0 Å². The molecule has 2 aromatic carbocycles. The summed E-state index contributed by atoms with van der Waals surface area (Å²) in [6.45, 7) is 3.28. The molecule has 1 saturated heterocycles. The maximum absolute atomic E-state index is 12.8. The monoisotopic (exact) mass is 442 g/mol. The van der Waals surface area contributed by atoms with Crippen molar-refractivity contribution in [2.75, 3.05) is 16.2 Å². The number of hydrogen-bond donors (Lipinski definition) is 2. The number of nitrogens with one attached hydrogen (secondary N) is 2. The summed E-state index contributed by atoms with van der Waals surface area (Å²) in [6.07, 6.45) is 2.24. The number of anilines is 2. The van der Waals surface area contributed by atoms with Crippen LogP contribution in [-0.4, -0.2) is 31.9 Å². The van der Waals surface area contributed by atoms with Crippen LogP contribution >= 0.6 is 11.3 Å². The minimum atomic E-state index is -3.71. The maximum atomic E-state index is 12.8. The van der Waals surface area contributed by atoms with Crippen molar-refractivity contribution in [2.45, 2.75) is 30.8 Å². The molecule has 1 aromatic heterocycles. The largest absolute Gasteiger partial charge is 0.311 e. The van der Waals surface area contributed by atoms with E-state index in [2.05, 4.69) is 34.1 Å². The first-order valence-corrected chi connectivity index (χ1v) is 11.9. The molecule has 30 heavy (non-hydrogen) atoms. The van der Waals surface area contributed by atoms with E-state index in [0.29, 0.717) is 30.3 Å². The standard InChI is InChI=1S/C21H22N4O3S2/c1-15-4-2-3-5-16(15)14-23-19-10-12-25(20(19)26)17-6-8-18(9-7-17)30(27,28)24-21-22-11-13-29-21/h2-9,11,13,19,23H,10,12,14H2,1H3,(H,22,24). The van der Waals surface area contributed by atoms with Crippen molar-refractivity contribution in [2.24, 2.45) is 0 Å². The molecule has 1 amide bonds. The lowest BCUT2D eigenvalue weighted by Gasteiger charge is -2.18. The van der Waals surface area contributed by atoms with Crippen LogP contribution in [0.2, 0.25) is 0 Å². The maximum Gasteiger partial charge on any atom is 0.263 e. The highest BCUT2D eigenvalue weighted by atomic mass is 32.2. The first-order chi connectivity index (χ1) is 14.4. The second-order valence-electron chi connectivity index (χ2n) is 7.08. The molecule has 2 heterocycles. The van der Waals surface area contributed by atoms with E-state index in [-0.39, 0.29) is 16.8 Å². The molecule has 0 aliphatic carbocycles. The van der Waals surface area contributed by atoms with Crippen molar-refractivity contribution in [1.82, 2.24) is 10.3 Å². The molecule has 7 nitrogen and oxygen atoms in total. The van der Waals surface area contributed by atoms with Gasteiger partial charge in [0.2, 0.25) is 5.91 Å². The summed E-state index contributed by atoms with van der Waals surface area (Å²) in [5.74, 6) is 0.0000943. The van der Waals surface area contributed by atoms with Crippen LogP contribution in [0.1, 0.15) is 17.5 Å². The number of nitrogens with zero attached hydrogens (tertiary/aromatic N) is 2. The Balaban J connectivity index is 1.41. The van der Waals surface area contributed by atoms with Crippen LogP contribution in [0.5, 0.6) is 0 Å². The van der Waals surface area contributed by atoms with Crippen molar-refractivity contribution in [3.63, 3.8) is 0 Å². The van der Waals surface area contributed by atoms with Gasteiger partial charge in [0.05, 0.1) is 10.9 Å². The molecule has 9 heteroatoms. The minimum absolute atomic E-state index is 0.0000943. The predicted molar refractivity (Wildman–Crippen MR) is 118 cm³/mol. The van der Waals surface area contributed by atoms with E-state index in [1.165, 1.54) is 40.8 Å². The summed E-state index contributed by atoms with van der Waals surface area (Å²) in [6, 6.07) is 14.2. The van der Waals surface area contributed by atoms with Crippen molar-refractivity contribution in [3.8, 4) is 0 Å². The zero-order chi connectivity index (χ0) is 21.1. The second-order valence-corrected chi connectivity index (χ2v) is 9.65. The summed E-state index contributed by atoms with van der Waals surface area (Å²) in [7, 11) is -3.71. The lowest BCUT2D eigenvalue weighted by atomic mass is 10.1. The van der Waals surface area contributed by atoms with E-state index in [1.807, 2.05) is 12.1 Å². The smallest absolute Gasteiger partial charge is 0.263 e. The summed E-state index contributed by atoms with van der Waals surface area (Å²) >= 11 is 1.21. The van der Waals surface area contributed by atoms with Crippen LogP contribution in [0, 0.1) is 6.92 Å². The Labute approximate surface area is 179 Å². The first kappa shape index (κ1) is 20.5.